The number of aromatic nitrogens is 3. The number of rotatable bonds is 4. The standard InChI is InChI=1S/C11H12N4O3/c1-17-10-12-9(14-15-10)13-11(16)18-7-8-5-3-2-4-6-8/h2-6H,7H2,1H3,(H2,12,13,14,15,16). The predicted molar refractivity (Wildman–Crippen MR) is 63.2 cm³/mol. The van der Waals surface area contributed by atoms with E-state index in [1.54, 1.807) is 0 Å². The zero-order valence-corrected chi connectivity index (χ0v) is 9.71. The molecule has 0 fully saturated rings. The van der Waals surface area contributed by atoms with Gasteiger partial charge in [-0.2, -0.15) is 4.98 Å². The quantitative estimate of drug-likeness (QED) is 0.857. The molecule has 0 aliphatic heterocycles. The van der Waals surface area contributed by atoms with Crippen LogP contribution in [0.3, 0.4) is 0 Å². The highest BCUT2D eigenvalue weighted by Crippen LogP contribution is 2.06. The molecule has 2 rings (SSSR count). The van der Waals surface area contributed by atoms with Crippen molar-refractivity contribution in [3.8, 4) is 6.01 Å². The summed E-state index contributed by atoms with van der Waals surface area (Å²) in [4.78, 5) is 15.2. The number of nitrogens with one attached hydrogen (secondary N) is 2. The average Bonchev–Trinajstić information content (AvgIpc) is 2.85. The number of ether oxygens (including phenoxy) is 2. The minimum Gasteiger partial charge on any atom is -0.466 e. The lowest BCUT2D eigenvalue weighted by atomic mass is 10.2. The van der Waals surface area contributed by atoms with Crippen molar-refractivity contribution in [2.75, 3.05) is 12.4 Å². The minimum absolute atomic E-state index is 0.147. The van der Waals surface area contributed by atoms with Crippen molar-refractivity contribution >= 4 is 12.0 Å². The average molecular weight is 248 g/mol. The Morgan fingerprint density at radius 2 is 2.17 bits per heavy atom. The molecule has 7 nitrogen and oxygen atoms in total. The summed E-state index contributed by atoms with van der Waals surface area (Å²) in [5, 5.41) is 8.56. The Morgan fingerprint density at radius 3 is 2.83 bits per heavy atom. The summed E-state index contributed by atoms with van der Waals surface area (Å²) in [5.41, 5.74) is 0.905. The van der Waals surface area contributed by atoms with E-state index in [0.29, 0.717) is 0 Å². The van der Waals surface area contributed by atoms with Crippen molar-refractivity contribution in [2.24, 2.45) is 0 Å². The first kappa shape index (κ1) is 11.9. The molecule has 2 aromatic rings. The lowest BCUT2D eigenvalue weighted by Gasteiger charge is -2.04. The molecule has 18 heavy (non-hydrogen) atoms. The van der Waals surface area contributed by atoms with E-state index in [9.17, 15) is 4.79 Å². The second-order valence-electron chi connectivity index (χ2n) is 3.36. The van der Waals surface area contributed by atoms with Crippen LogP contribution in [0.5, 0.6) is 6.01 Å². The Bertz CT molecular complexity index is 512. The van der Waals surface area contributed by atoms with Crippen molar-refractivity contribution in [1.29, 1.82) is 0 Å². The molecular weight excluding hydrogens is 236 g/mol. The van der Waals surface area contributed by atoms with Crippen LogP contribution in [0.25, 0.3) is 0 Å². The second-order valence-corrected chi connectivity index (χ2v) is 3.36. The molecule has 1 amide bonds. The van der Waals surface area contributed by atoms with E-state index < -0.39 is 6.09 Å². The molecule has 2 N–H and O–H groups in total. The summed E-state index contributed by atoms with van der Waals surface area (Å²) in [6.45, 7) is 0.192. The number of hydrogen-bond donors (Lipinski definition) is 2. The van der Waals surface area contributed by atoms with E-state index in [1.165, 1.54) is 7.11 Å². The molecule has 0 saturated heterocycles. The van der Waals surface area contributed by atoms with Crippen molar-refractivity contribution in [3.05, 3.63) is 35.9 Å². The van der Waals surface area contributed by atoms with Crippen LogP contribution in [0.4, 0.5) is 10.7 Å². The van der Waals surface area contributed by atoms with E-state index in [2.05, 4.69) is 20.5 Å². The van der Waals surface area contributed by atoms with Crippen molar-refractivity contribution in [1.82, 2.24) is 15.2 Å². The van der Waals surface area contributed by atoms with Crippen LogP contribution in [0, 0.1) is 0 Å². The van der Waals surface area contributed by atoms with Crippen LogP contribution >= 0.6 is 0 Å². The fourth-order valence-electron chi connectivity index (χ4n) is 1.25. The topological polar surface area (TPSA) is 89.1 Å². The SMILES string of the molecule is COc1n[nH]c(NC(=O)OCc2ccccc2)n1. The van der Waals surface area contributed by atoms with Gasteiger partial charge in [0.15, 0.2) is 0 Å². The van der Waals surface area contributed by atoms with Gasteiger partial charge in [0.2, 0.25) is 5.95 Å². The molecule has 0 radical (unpaired) electrons. The number of amides is 1. The fourth-order valence-corrected chi connectivity index (χ4v) is 1.25. The number of H-pyrrole nitrogens is 1. The molecule has 0 atom stereocenters. The molecule has 0 bridgehead atoms. The zero-order chi connectivity index (χ0) is 12.8. The van der Waals surface area contributed by atoms with Gasteiger partial charge < -0.3 is 9.47 Å². The minimum atomic E-state index is -0.613. The predicted octanol–water partition coefficient (Wildman–Crippen LogP) is 1.56. The van der Waals surface area contributed by atoms with Gasteiger partial charge in [-0.05, 0) is 5.56 Å². The van der Waals surface area contributed by atoms with E-state index in [4.69, 9.17) is 9.47 Å². The van der Waals surface area contributed by atoms with Gasteiger partial charge in [0, 0.05) is 0 Å². The molecule has 94 valence electrons. The molecule has 0 aliphatic carbocycles. The number of aromatic amines is 1. The van der Waals surface area contributed by atoms with E-state index in [-0.39, 0.29) is 18.6 Å². The van der Waals surface area contributed by atoms with Crippen LogP contribution < -0.4 is 10.1 Å². The number of carbonyl (C=O) groups excluding carboxylic acids is 1. The van der Waals surface area contributed by atoms with Crippen molar-refractivity contribution < 1.29 is 14.3 Å². The lowest BCUT2D eigenvalue weighted by molar-refractivity contribution is 0.155. The van der Waals surface area contributed by atoms with Gasteiger partial charge in [-0.25, -0.2) is 9.89 Å². The Labute approximate surface area is 103 Å². The Hall–Kier alpha value is -2.57. The van der Waals surface area contributed by atoms with E-state index >= 15 is 0 Å². The van der Waals surface area contributed by atoms with Crippen LogP contribution in [0.15, 0.2) is 30.3 Å². The summed E-state index contributed by atoms with van der Waals surface area (Å²) in [5.74, 6) is 0.171. The van der Waals surface area contributed by atoms with Crippen LogP contribution in [-0.2, 0) is 11.3 Å². The van der Waals surface area contributed by atoms with Gasteiger partial charge in [-0.1, -0.05) is 30.3 Å². The summed E-state index contributed by atoms with van der Waals surface area (Å²) >= 11 is 0. The Morgan fingerprint density at radius 1 is 1.39 bits per heavy atom. The number of methoxy groups -OCH3 is 1. The summed E-state index contributed by atoms with van der Waals surface area (Å²) in [7, 11) is 1.43. The number of carbonyl (C=O) groups is 1. The highest BCUT2D eigenvalue weighted by Gasteiger charge is 2.08. The molecule has 7 heteroatoms. The largest absolute Gasteiger partial charge is 0.466 e. The first-order valence-corrected chi connectivity index (χ1v) is 5.22. The molecule has 1 heterocycles. The van der Waals surface area contributed by atoms with Gasteiger partial charge in [0.1, 0.15) is 6.61 Å². The van der Waals surface area contributed by atoms with Crippen molar-refractivity contribution in [3.63, 3.8) is 0 Å². The maximum atomic E-state index is 11.4. The number of benzene rings is 1. The maximum Gasteiger partial charge on any atom is 0.414 e. The second kappa shape index (κ2) is 5.67. The third-order valence-electron chi connectivity index (χ3n) is 2.08. The number of anilines is 1. The smallest absolute Gasteiger partial charge is 0.414 e. The van der Waals surface area contributed by atoms with Gasteiger partial charge >= 0.3 is 12.1 Å². The van der Waals surface area contributed by atoms with Gasteiger partial charge in [0.05, 0.1) is 7.11 Å². The fraction of sp³-hybridized carbons (Fsp3) is 0.182. The van der Waals surface area contributed by atoms with Gasteiger partial charge in [-0.15, -0.1) is 5.10 Å². The van der Waals surface area contributed by atoms with E-state index in [1.807, 2.05) is 30.3 Å². The zero-order valence-electron chi connectivity index (χ0n) is 9.71. The first-order valence-electron chi connectivity index (χ1n) is 5.22. The Balaban J connectivity index is 1.82. The summed E-state index contributed by atoms with van der Waals surface area (Å²) in [6, 6.07) is 9.52. The molecule has 1 aromatic heterocycles. The third-order valence-corrected chi connectivity index (χ3v) is 2.08. The van der Waals surface area contributed by atoms with E-state index in [0.717, 1.165) is 5.56 Å². The summed E-state index contributed by atoms with van der Waals surface area (Å²) in [6.07, 6.45) is -0.613. The molecule has 0 unspecified atom stereocenters. The highest BCUT2D eigenvalue weighted by molar-refractivity contribution is 5.82. The lowest BCUT2D eigenvalue weighted by Crippen LogP contribution is -2.14. The normalized spacial score (nSPS) is 9.83. The summed E-state index contributed by atoms with van der Waals surface area (Å²) < 4.78 is 9.76. The molecule has 0 spiro atoms. The molecule has 1 aromatic carbocycles. The first-order chi connectivity index (χ1) is 8.78. The van der Waals surface area contributed by atoms with Crippen LogP contribution in [0.2, 0.25) is 0 Å². The third kappa shape index (κ3) is 3.21. The molecular formula is C11H12N4O3. The highest BCUT2D eigenvalue weighted by atomic mass is 16.5. The molecule has 0 saturated carbocycles. The van der Waals surface area contributed by atoms with Crippen molar-refractivity contribution in [2.45, 2.75) is 6.61 Å². The van der Waals surface area contributed by atoms with Gasteiger partial charge in [-0.3, -0.25) is 5.32 Å². The van der Waals surface area contributed by atoms with Gasteiger partial charge in [0.25, 0.3) is 0 Å². The Kier molecular flexibility index (Phi) is 3.75. The maximum absolute atomic E-state index is 11.4. The van der Waals surface area contributed by atoms with Crippen LogP contribution in [0.1, 0.15) is 5.56 Å². The molecule has 0 aliphatic rings. The number of hydrogen-bond acceptors (Lipinski definition) is 5. The van der Waals surface area contributed by atoms with Crippen LogP contribution in [-0.4, -0.2) is 28.4 Å². The monoisotopic (exact) mass is 248 g/mol. The number of nitrogens with zero attached hydrogens (tertiary/aromatic N) is 2.